The van der Waals surface area contributed by atoms with Crippen LogP contribution in [0.1, 0.15) is 47.5 Å². The van der Waals surface area contributed by atoms with Crippen molar-refractivity contribution < 1.29 is 19.4 Å². The number of ether oxygens (including phenoxy) is 1. The van der Waals surface area contributed by atoms with Gasteiger partial charge in [0.05, 0.1) is 6.42 Å². The highest BCUT2D eigenvalue weighted by atomic mass is 16.6. The number of aliphatic hydroxyl groups excluding tert-OH is 1. The van der Waals surface area contributed by atoms with Crippen LogP contribution in [0.3, 0.4) is 0 Å². The van der Waals surface area contributed by atoms with Crippen molar-refractivity contribution in [3.05, 3.63) is 46.3 Å². The third-order valence-electron chi connectivity index (χ3n) is 5.21. The quantitative estimate of drug-likeness (QED) is 0.740. The highest BCUT2D eigenvalue weighted by Crippen LogP contribution is 2.49. The summed E-state index contributed by atoms with van der Waals surface area (Å²) in [5.74, 6) is -0.762. The van der Waals surface area contributed by atoms with Crippen molar-refractivity contribution in [3.63, 3.8) is 0 Å². The largest absolute Gasteiger partial charge is 0.504 e. The van der Waals surface area contributed by atoms with Gasteiger partial charge >= 0.3 is 5.97 Å². The topological polar surface area (TPSA) is 63.6 Å². The Labute approximate surface area is 142 Å². The summed E-state index contributed by atoms with van der Waals surface area (Å²) in [4.78, 5) is 24.5. The molecule has 0 radical (unpaired) electrons. The molecular formula is C20H24O4. The van der Waals surface area contributed by atoms with Crippen LogP contribution in [0.15, 0.2) is 46.3 Å². The Balaban J connectivity index is 2.15. The van der Waals surface area contributed by atoms with E-state index >= 15 is 0 Å². The first kappa shape index (κ1) is 16.7. The summed E-state index contributed by atoms with van der Waals surface area (Å²) in [6.45, 7) is 9.79. The van der Waals surface area contributed by atoms with Gasteiger partial charge in [-0.25, -0.2) is 0 Å². The number of allylic oxidation sites excluding steroid dienone is 5. The zero-order chi connectivity index (χ0) is 17.9. The summed E-state index contributed by atoms with van der Waals surface area (Å²) in [6, 6.07) is 0. The molecule has 4 nitrogen and oxygen atoms in total. The van der Waals surface area contributed by atoms with Crippen molar-refractivity contribution in [1.82, 2.24) is 0 Å². The molecule has 24 heavy (non-hydrogen) atoms. The van der Waals surface area contributed by atoms with E-state index in [-0.39, 0.29) is 28.8 Å². The molecule has 1 aliphatic heterocycles. The van der Waals surface area contributed by atoms with Crippen LogP contribution in [-0.2, 0) is 14.3 Å². The Hall–Kier alpha value is -2.10. The van der Waals surface area contributed by atoms with Gasteiger partial charge in [0.25, 0.3) is 0 Å². The Kier molecular flexibility index (Phi) is 3.63. The van der Waals surface area contributed by atoms with Crippen molar-refractivity contribution in [3.8, 4) is 0 Å². The minimum Gasteiger partial charge on any atom is -0.504 e. The second kappa shape index (κ2) is 5.20. The summed E-state index contributed by atoms with van der Waals surface area (Å²) < 4.78 is 5.68. The molecule has 0 aromatic heterocycles. The molecule has 4 heteroatoms. The third kappa shape index (κ3) is 2.45. The fraction of sp³-hybridized carbons (Fsp3) is 0.500. The van der Waals surface area contributed by atoms with Crippen LogP contribution in [0.25, 0.3) is 0 Å². The van der Waals surface area contributed by atoms with Gasteiger partial charge in [0, 0.05) is 23.0 Å². The molecule has 0 bridgehead atoms. The molecule has 3 rings (SSSR count). The van der Waals surface area contributed by atoms with E-state index in [0.29, 0.717) is 24.0 Å². The normalized spacial score (nSPS) is 29.2. The van der Waals surface area contributed by atoms with Gasteiger partial charge < -0.3 is 9.84 Å². The third-order valence-corrected chi connectivity index (χ3v) is 5.21. The average Bonchev–Trinajstić information content (AvgIpc) is 2.58. The van der Waals surface area contributed by atoms with Crippen molar-refractivity contribution in [2.75, 3.05) is 0 Å². The fourth-order valence-corrected chi connectivity index (χ4v) is 4.05. The van der Waals surface area contributed by atoms with Crippen LogP contribution in [-0.4, -0.2) is 22.5 Å². The van der Waals surface area contributed by atoms with E-state index in [0.717, 1.165) is 11.1 Å². The van der Waals surface area contributed by atoms with Crippen molar-refractivity contribution in [1.29, 1.82) is 0 Å². The van der Waals surface area contributed by atoms with E-state index in [2.05, 4.69) is 0 Å². The van der Waals surface area contributed by atoms with E-state index in [1.54, 1.807) is 0 Å². The molecule has 2 aliphatic carbocycles. The maximum atomic E-state index is 12.5. The smallest absolute Gasteiger partial charge is 0.307 e. The summed E-state index contributed by atoms with van der Waals surface area (Å²) in [6.07, 6.45) is 6.41. The number of aliphatic hydroxyl groups is 1. The summed E-state index contributed by atoms with van der Waals surface area (Å²) >= 11 is 0. The first-order valence-corrected chi connectivity index (χ1v) is 8.39. The first-order valence-electron chi connectivity index (χ1n) is 8.39. The van der Waals surface area contributed by atoms with E-state index in [1.165, 1.54) is 0 Å². The van der Waals surface area contributed by atoms with Crippen molar-refractivity contribution in [2.24, 2.45) is 11.3 Å². The van der Waals surface area contributed by atoms with Gasteiger partial charge in [0.1, 0.15) is 5.60 Å². The number of Topliss-reactive ketones (excluding diaryl/α,β-unsaturated/α-hetero) is 1. The van der Waals surface area contributed by atoms with Gasteiger partial charge in [-0.05, 0) is 30.1 Å². The molecule has 3 aliphatic rings. The van der Waals surface area contributed by atoms with Crippen molar-refractivity contribution >= 4 is 11.8 Å². The minimum atomic E-state index is -0.843. The van der Waals surface area contributed by atoms with Crippen LogP contribution in [0.2, 0.25) is 0 Å². The summed E-state index contributed by atoms with van der Waals surface area (Å²) in [5.41, 5.74) is 1.84. The Bertz CT molecular complexity index is 759. The molecule has 0 aromatic rings. The number of rotatable bonds is 1. The first-order chi connectivity index (χ1) is 11.0. The second-order valence-electron chi connectivity index (χ2n) is 8.06. The Morgan fingerprint density at radius 2 is 1.79 bits per heavy atom. The maximum Gasteiger partial charge on any atom is 0.307 e. The molecule has 0 aromatic carbocycles. The second-order valence-corrected chi connectivity index (χ2v) is 8.06. The van der Waals surface area contributed by atoms with Crippen LogP contribution in [0, 0.1) is 11.3 Å². The Morgan fingerprint density at radius 1 is 1.12 bits per heavy atom. The van der Waals surface area contributed by atoms with Gasteiger partial charge in [-0.1, -0.05) is 39.8 Å². The number of hydrogen-bond donors (Lipinski definition) is 1. The molecule has 1 N–H and O–H groups in total. The standard InChI is InChI=1S/C20H24O4/c1-11(2)13-8-12-6-7-15-19(3,4)10-16(21)24-20(15,5)9-14(12)18(23)17(13)22/h6-8,11,23H,9-10H2,1-5H3/t20-/m0/s1. The Morgan fingerprint density at radius 3 is 2.42 bits per heavy atom. The number of carbonyl (C=O) groups is 2. The maximum absolute atomic E-state index is 12.5. The molecule has 1 saturated heterocycles. The lowest BCUT2D eigenvalue weighted by atomic mass is 9.69. The predicted molar refractivity (Wildman–Crippen MR) is 91.3 cm³/mol. The highest BCUT2D eigenvalue weighted by molar-refractivity contribution is 6.09. The van der Waals surface area contributed by atoms with Crippen LogP contribution < -0.4 is 0 Å². The lowest BCUT2D eigenvalue weighted by Gasteiger charge is -2.44. The molecule has 1 heterocycles. The molecule has 1 fully saturated rings. The number of fused-ring (bicyclic) bond motifs is 2. The summed E-state index contributed by atoms with van der Waals surface area (Å²) in [5, 5.41) is 10.5. The summed E-state index contributed by atoms with van der Waals surface area (Å²) in [7, 11) is 0. The van der Waals surface area contributed by atoms with E-state index in [1.807, 2.05) is 52.8 Å². The van der Waals surface area contributed by atoms with Crippen LogP contribution in [0.5, 0.6) is 0 Å². The zero-order valence-corrected chi connectivity index (χ0v) is 14.9. The van der Waals surface area contributed by atoms with Crippen LogP contribution >= 0.6 is 0 Å². The van der Waals surface area contributed by atoms with Gasteiger partial charge in [-0.2, -0.15) is 0 Å². The molecular weight excluding hydrogens is 304 g/mol. The fourth-order valence-electron chi connectivity index (χ4n) is 4.05. The monoisotopic (exact) mass is 328 g/mol. The molecule has 0 spiro atoms. The number of esters is 1. The SMILES string of the molecule is CC(C)C1=CC2=CC=C3C(C)(C)CC(=O)O[C@@]3(C)CC2=C(O)C1=O. The van der Waals surface area contributed by atoms with Gasteiger partial charge in [-0.3, -0.25) is 9.59 Å². The average molecular weight is 328 g/mol. The van der Waals surface area contributed by atoms with E-state index in [4.69, 9.17) is 4.74 Å². The lowest BCUT2D eigenvalue weighted by Crippen LogP contribution is -2.46. The predicted octanol–water partition coefficient (Wildman–Crippen LogP) is 3.95. The molecule has 0 saturated carbocycles. The number of ketones is 1. The van der Waals surface area contributed by atoms with Gasteiger partial charge in [0.2, 0.25) is 5.78 Å². The molecule has 0 amide bonds. The lowest BCUT2D eigenvalue weighted by molar-refractivity contribution is -0.163. The minimum absolute atomic E-state index is 0.0325. The number of hydrogen-bond acceptors (Lipinski definition) is 4. The molecule has 0 unspecified atom stereocenters. The highest BCUT2D eigenvalue weighted by Gasteiger charge is 2.49. The van der Waals surface area contributed by atoms with Crippen molar-refractivity contribution in [2.45, 2.75) is 53.1 Å². The van der Waals surface area contributed by atoms with Gasteiger partial charge in [-0.15, -0.1) is 0 Å². The molecule has 128 valence electrons. The zero-order valence-electron chi connectivity index (χ0n) is 14.9. The van der Waals surface area contributed by atoms with E-state index < -0.39 is 5.60 Å². The van der Waals surface area contributed by atoms with Gasteiger partial charge in [0.15, 0.2) is 5.76 Å². The van der Waals surface area contributed by atoms with Crippen LogP contribution in [0.4, 0.5) is 0 Å². The molecule has 1 atom stereocenters. The van der Waals surface area contributed by atoms with E-state index in [9.17, 15) is 14.7 Å². The number of carbonyl (C=O) groups excluding carboxylic acids is 2.